The largest absolute Gasteiger partial charge is 0.497 e. The van der Waals surface area contributed by atoms with Crippen LogP contribution < -0.4 is 15.5 Å². The molecule has 7 nitrogen and oxygen atoms in total. The summed E-state index contributed by atoms with van der Waals surface area (Å²) in [5.41, 5.74) is 2.57. The Morgan fingerprint density at radius 2 is 1.07 bits per heavy atom. The van der Waals surface area contributed by atoms with Gasteiger partial charge in [0.15, 0.2) is 0 Å². The maximum absolute atomic E-state index is 13.3. The van der Waals surface area contributed by atoms with Crippen LogP contribution in [0.5, 0.6) is 5.75 Å². The van der Waals surface area contributed by atoms with Crippen LogP contribution in [0.15, 0.2) is 122 Å². The van der Waals surface area contributed by atoms with Gasteiger partial charge < -0.3 is 24.0 Å². The Balaban J connectivity index is 0.000000162. The van der Waals surface area contributed by atoms with E-state index in [2.05, 4.69) is 10.3 Å². The Morgan fingerprint density at radius 3 is 1.52 bits per heavy atom. The standard InChI is InChI=1S/C16H12FNO3.C15H10FNO2/c1-20-12-5-2-10(3-6-12)16-9-14(18-19)13-8-11(17)4-7-15(13)21-16;16-11-6-7-14-12(8-11)13(17-18)9-15(19-14)10-4-2-1-3-5-10/h2-9,19H,1H3;1-9,18H/b18-14+;17-13+. The van der Waals surface area contributed by atoms with Crippen molar-refractivity contribution in [3.05, 3.63) is 125 Å². The third kappa shape index (κ3) is 5.53. The third-order valence-corrected chi connectivity index (χ3v) is 6.06. The summed E-state index contributed by atoms with van der Waals surface area (Å²) in [5, 5.41) is 26.0. The highest BCUT2D eigenvalue weighted by atomic mass is 19.1. The Bertz CT molecular complexity index is 1930. The molecular weight excluding hydrogens is 518 g/mol. The highest BCUT2D eigenvalue weighted by molar-refractivity contribution is 5.79. The van der Waals surface area contributed by atoms with Crippen LogP contribution in [-0.2, 0) is 0 Å². The molecule has 6 aromatic rings. The molecule has 0 saturated carbocycles. The number of benzene rings is 4. The maximum Gasteiger partial charge on any atom is 0.137 e. The molecule has 0 unspecified atom stereocenters. The summed E-state index contributed by atoms with van der Waals surface area (Å²) in [5.74, 6) is 0.991. The molecule has 0 fully saturated rings. The van der Waals surface area contributed by atoms with Crippen LogP contribution in [0.2, 0.25) is 0 Å². The summed E-state index contributed by atoms with van der Waals surface area (Å²) >= 11 is 0. The second-order valence-electron chi connectivity index (χ2n) is 8.57. The first-order valence-electron chi connectivity index (χ1n) is 12.0. The number of ether oxygens (including phenoxy) is 1. The van der Waals surface area contributed by atoms with E-state index in [1.165, 1.54) is 36.4 Å². The lowest BCUT2D eigenvalue weighted by molar-refractivity contribution is 0.302. The molecule has 0 radical (unpaired) electrons. The van der Waals surface area contributed by atoms with Gasteiger partial charge in [0.25, 0.3) is 0 Å². The van der Waals surface area contributed by atoms with Crippen molar-refractivity contribution >= 4 is 21.9 Å². The van der Waals surface area contributed by atoms with E-state index >= 15 is 0 Å². The van der Waals surface area contributed by atoms with E-state index in [1.54, 1.807) is 31.4 Å². The minimum atomic E-state index is -0.417. The van der Waals surface area contributed by atoms with Gasteiger partial charge in [0.2, 0.25) is 0 Å². The van der Waals surface area contributed by atoms with E-state index in [4.69, 9.17) is 24.0 Å². The zero-order chi connectivity index (χ0) is 28.1. The zero-order valence-corrected chi connectivity index (χ0v) is 21.1. The second kappa shape index (κ2) is 11.5. The van der Waals surface area contributed by atoms with Crippen molar-refractivity contribution in [1.29, 1.82) is 0 Å². The molecule has 6 rings (SSSR count). The molecule has 4 aromatic carbocycles. The summed E-state index contributed by atoms with van der Waals surface area (Å²) in [6.07, 6.45) is 0. The van der Waals surface area contributed by atoms with Gasteiger partial charge in [0.1, 0.15) is 50.8 Å². The Morgan fingerprint density at radius 1 is 0.600 bits per heavy atom. The monoisotopic (exact) mass is 540 g/mol. The molecule has 0 bridgehead atoms. The highest BCUT2D eigenvalue weighted by Crippen LogP contribution is 2.25. The lowest BCUT2D eigenvalue weighted by Gasteiger charge is -2.05. The van der Waals surface area contributed by atoms with E-state index < -0.39 is 11.6 Å². The number of hydrogen-bond acceptors (Lipinski definition) is 7. The molecule has 0 atom stereocenters. The van der Waals surface area contributed by atoms with E-state index in [0.717, 1.165) is 16.9 Å². The van der Waals surface area contributed by atoms with Crippen molar-refractivity contribution in [3.63, 3.8) is 0 Å². The van der Waals surface area contributed by atoms with Gasteiger partial charge in [-0.3, -0.25) is 0 Å². The predicted octanol–water partition coefficient (Wildman–Crippen LogP) is 7.07. The zero-order valence-electron chi connectivity index (χ0n) is 21.1. The molecule has 200 valence electrons. The van der Waals surface area contributed by atoms with Crippen LogP contribution in [-0.4, -0.2) is 17.5 Å². The van der Waals surface area contributed by atoms with Gasteiger partial charge in [-0.15, -0.1) is 0 Å². The summed E-state index contributed by atoms with van der Waals surface area (Å²) in [4.78, 5) is 0. The molecule has 0 aliphatic rings. The Labute approximate surface area is 226 Å². The number of rotatable bonds is 3. The molecule has 0 spiro atoms. The van der Waals surface area contributed by atoms with E-state index in [9.17, 15) is 8.78 Å². The summed E-state index contributed by atoms with van der Waals surface area (Å²) in [6.45, 7) is 0. The first-order chi connectivity index (χ1) is 19.5. The van der Waals surface area contributed by atoms with Gasteiger partial charge in [0, 0.05) is 34.0 Å². The average molecular weight is 541 g/mol. The second-order valence-corrected chi connectivity index (χ2v) is 8.57. The molecule has 0 amide bonds. The van der Waals surface area contributed by atoms with Crippen molar-refractivity contribution < 1.29 is 32.8 Å². The smallest absolute Gasteiger partial charge is 0.137 e. The normalized spacial score (nSPS) is 11.9. The molecule has 0 aliphatic carbocycles. The number of halogens is 2. The SMILES string of the molecule is COc1ccc(-c2c/c(=N\O)c3cc(F)ccc3o2)cc1.O/N=c1\cc(-c2ccccc2)oc2ccc(F)cc12. The van der Waals surface area contributed by atoms with Crippen LogP contribution in [0.4, 0.5) is 8.78 Å². The fourth-order valence-electron chi connectivity index (χ4n) is 4.09. The van der Waals surface area contributed by atoms with Crippen molar-refractivity contribution in [1.82, 2.24) is 0 Å². The summed E-state index contributed by atoms with van der Waals surface area (Å²) in [7, 11) is 1.59. The van der Waals surface area contributed by atoms with Crippen molar-refractivity contribution in [2.24, 2.45) is 10.3 Å². The lowest BCUT2D eigenvalue weighted by atomic mass is 10.1. The van der Waals surface area contributed by atoms with Crippen LogP contribution in [0.3, 0.4) is 0 Å². The Kier molecular flexibility index (Phi) is 7.54. The van der Waals surface area contributed by atoms with E-state index in [-0.39, 0.29) is 10.7 Å². The fraction of sp³-hybridized carbons (Fsp3) is 0.0323. The number of fused-ring (bicyclic) bond motifs is 2. The van der Waals surface area contributed by atoms with Crippen LogP contribution >= 0.6 is 0 Å². The summed E-state index contributed by atoms with van der Waals surface area (Å²) < 4.78 is 43.0. The van der Waals surface area contributed by atoms with Crippen LogP contribution in [0.1, 0.15) is 0 Å². The quantitative estimate of drug-likeness (QED) is 0.185. The third-order valence-electron chi connectivity index (χ3n) is 6.06. The first kappa shape index (κ1) is 26.2. The van der Waals surface area contributed by atoms with Crippen LogP contribution in [0, 0.1) is 11.6 Å². The molecule has 2 N–H and O–H groups in total. The molecule has 9 heteroatoms. The summed E-state index contributed by atoms with van der Waals surface area (Å²) in [6, 6.07) is 28.0. The van der Waals surface area contributed by atoms with E-state index in [1.807, 2.05) is 42.5 Å². The molecule has 0 saturated heterocycles. The van der Waals surface area contributed by atoms with Crippen molar-refractivity contribution in [2.75, 3.05) is 7.11 Å². The number of hydrogen-bond donors (Lipinski definition) is 2. The van der Waals surface area contributed by atoms with E-state index in [0.29, 0.717) is 33.5 Å². The van der Waals surface area contributed by atoms with Gasteiger partial charge >= 0.3 is 0 Å². The number of methoxy groups -OCH3 is 1. The minimum absolute atomic E-state index is 0.251. The van der Waals surface area contributed by atoms with Crippen molar-refractivity contribution in [2.45, 2.75) is 0 Å². The molecular formula is C31H22F2N2O5. The molecule has 2 aromatic heterocycles. The van der Waals surface area contributed by atoms with Gasteiger partial charge in [-0.25, -0.2) is 8.78 Å². The average Bonchev–Trinajstić information content (AvgIpc) is 3.00. The van der Waals surface area contributed by atoms with Gasteiger partial charge in [-0.2, -0.15) is 0 Å². The highest BCUT2D eigenvalue weighted by Gasteiger charge is 2.08. The topological polar surface area (TPSA) is 101 Å². The molecule has 40 heavy (non-hydrogen) atoms. The molecule has 0 aliphatic heterocycles. The van der Waals surface area contributed by atoms with Crippen LogP contribution in [0.25, 0.3) is 44.6 Å². The Hall–Kier alpha value is -5.44. The number of nitrogens with zero attached hydrogens (tertiary/aromatic N) is 2. The minimum Gasteiger partial charge on any atom is -0.497 e. The predicted molar refractivity (Wildman–Crippen MR) is 144 cm³/mol. The van der Waals surface area contributed by atoms with Gasteiger partial charge in [-0.1, -0.05) is 40.6 Å². The van der Waals surface area contributed by atoms with Gasteiger partial charge in [-0.05, 0) is 60.7 Å². The van der Waals surface area contributed by atoms with Gasteiger partial charge in [0.05, 0.1) is 7.11 Å². The fourth-order valence-corrected chi connectivity index (χ4v) is 4.09. The maximum atomic E-state index is 13.3. The molecule has 2 heterocycles. The first-order valence-corrected chi connectivity index (χ1v) is 12.0. The lowest BCUT2D eigenvalue weighted by Crippen LogP contribution is -2.03. The van der Waals surface area contributed by atoms with Crippen molar-refractivity contribution in [3.8, 4) is 28.4 Å².